The monoisotopic (exact) mass is 271 g/mol. The molecule has 0 aliphatic carbocycles. The molecule has 0 saturated carbocycles. The minimum absolute atomic E-state index is 0.0978. The summed E-state index contributed by atoms with van der Waals surface area (Å²) in [5.74, 6) is 1.31. The molecule has 7 heteroatoms. The fourth-order valence-electron chi connectivity index (χ4n) is 1.99. The van der Waals surface area contributed by atoms with Crippen LogP contribution in [-0.2, 0) is 20.6 Å². The molecule has 108 valence electrons. The highest BCUT2D eigenvalue weighted by Crippen LogP contribution is 2.23. The number of hydrogen-bond donors (Lipinski definition) is 1. The van der Waals surface area contributed by atoms with Crippen molar-refractivity contribution in [2.45, 2.75) is 25.0 Å². The molecular weight excluding hydrogens is 250 g/mol. The predicted molar refractivity (Wildman–Crippen MR) is 66.9 cm³/mol. The highest BCUT2D eigenvalue weighted by molar-refractivity contribution is 4.97. The largest absolute Gasteiger partial charge is 0.382 e. The van der Waals surface area contributed by atoms with E-state index >= 15 is 0 Å². The van der Waals surface area contributed by atoms with Gasteiger partial charge in [0.2, 0.25) is 5.89 Å². The van der Waals surface area contributed by atoms with Gasteiger partial charge in [-0.3, -0.25) is 0 Å². The van der Waals surface area contributed by atoms with Crippen molar-refractivity contribution in [3.8, 4) is 0 Å². The minimum atomic E-state index is 0.0978. The summed E-state index contributed by atoms with van der Waals surface area (Å²) < 4.78 is 20.8. The van der Waals surface area contributed by atoms with Crippen LogP contribution in [0.25, 0.3) is 0 Å². The number of aromatic nitrogens is 2. The van der Waals surface area contributed by atoms with Crippen LogP contribution in [0.15, 0.2) is 4.52 Å². The van der Waals surface area contributed by atoms with Gasteiger partial charge in [-0.1, -0.05) is 5.16 Å². The molecule has 2 unspecified atom stereocenters. The fourth-order valence-corrected chi connectivity index (χ4v) is 1.99. The van der Waals surface area contributed by atoms with E-state index in [-0.39, 0.29) is 12.1 Å². The van der Waals surface area contributed by atoms with Crippen molar-refractivity contribution in [2.75, 3.05) is 40.6 Å². The topological polar surface area (TPSA) is 78.6 Å². The van der Waals surface area contributed by atoms with E-state index in [9.17, 15) is 0 Å². The molecule has 2 heterocycles. The van der Waals surface area contributed by atoms with E-state index in [1.165, 1.54) is 0 Å². The normalized spacial score (nSPS) is 23.1. The van der Waals surface area contributed by atoms with Gasteiger partial charge in [-0.2, -0.15) is 4.98 Å². The van der Waals surface area contributed by atoms with Gasteiger partial charge in [-0.15, -0.1) is 0 Å². The third-order valence-electron chi connectivity index (χ3n) is 3.11. The average Bonchev–Trinajstić information content (AvgIpc) is 3.07. The molecular formula is C12H21N3O4. The van der Waals surface area contributed by atoms with Gasteiger partial charge in [-0.25, -0.2) is 0 Å². The van der Waals surface area contributed by atoms with Crippen molar-refractivity contribution in [2.24, 2.45) is 0 Å². The Labute approximate surface area is 112 Å². The zero-order valence-electron chi connectivity index (χ0n) is 11.4. The molecule has 1 aromatic rings. The van der Waals surface area contributed by atoms with Crippen molar-refractivity contribution in [1.82, 2.24) is 15.5 Å². The molecule has 1 fully saturated rings. The molecule has 7 nitrogen and oxygen atoms in total. The van der Waals surface area contributed by atoms with Crippen LogP contribution >= 0.6 is 0 Å². The highest BCUT2D eigenvalue weighted by Gasteiger charge is 2.29. The average molecular weight is 271 g/mol. The number of nitrogens with zero attached hydrogens (tertiary/aromatic N) is 2. The van der Waals surface area contributed by atoms with E-state index in [1.807, 2.05) is 0 Å². The Balaban J connectivity index is 1.73. The summed E-state index contributed by atoms with van der Waals surface area (Å²) in [7, 11) is 3.36. The summed E-state index contributed by atoms with van der Waals surface area (Å²) in [4.78, 5) is 4.37. The molecule has 0 spiro atoms. The Morgan fingerprint density at radius 3 is 2.95 bits per heavy atom. The van der Waals surface area contributed by atoms with Crippen LogP contribution in [0, 0.1) is 0 Å². The van der Waals surface area contributed by atoms with Crippen LogP contribution in [0.3, 0.4) is 0 Å². The number of nitrogens with one attached hydrogen (secondary N) is 1. The molecule has 19 heavy (non-hydrogen) atoms. The number of hydrogen-bond acceptors (Lipinski definition) is 7. The van der Waals surface area contributed by atoms with Crippen LogP contribution < -0.4 is 5.32 Å². The molecule has 1 aromatic heterocycles. The molecule has 1 N–H and O–H groups in total. The fraction of sp³-hybridized carbons (Fsp3) is 0.833. The van der Waals surface area contributed by atoms with Crippen molar-refractivity contribution in [3.63, 3.8) is 0 Å². The summed E-state index contributed by atoms with van der Waals surface area (Å²) in [5.41, 5.74) is 0. The van der Waals surface area contributed by atoms with Gasteiger partial charge in [0.25, 0.3) is 0 Å². The molecule has 1 saturated heterocycles. The second-order valence-corrected chi connectivity index (χ2v) is 4.46. The zero-order chi connectivity index (χ0) is 13.5. The number of methoxy groups -OCH3 is 2. The van der Waals surface area contributed by atoms with Crippen molar-refractivity contribution < 1.29 is 18.7 Å². The van der Waals surface area contributed by atoms with Crippen LogP contribution in [-0.4, -0.2) is 56.8 Å². The van der Waals surface area contributed by atoms with Gasteiger partial charge >= 0.3 is 0 Å². The van der Waals surface area contributed by atoms with E-state index in [2.05, 4.69) is 15.5 Å². The van der Waals surface area contributed by atoms with Crippen LogP contribution in [0.5, 0.6) is 0 Å². The van der Waals surface area contributed by atoms with Crippen LogP contribution in [0.2, 0.25) is 0 Å². The maximum Gasteiger partial charge on any atom is 0.243 e. The van der Waals surface area contributed by atoms with Gasteiger partial charge < -0.3 is 24.1 Å². The van der Waals surface area contributed by atoms with Gasteiger partial charge in [0, 0.05) is 27.2 Å². The summed E-state index contributed by atoms with van der Waals surface area (Å²) >= 11 is 0. The Kier molecular flexibility index (Phi) is 5.71. The first-order valence-corrected chi connectivity index (χ1v) is 6.48. The highest BCUT2D eigenvalue weighted by atomic mass is 16.5. The van der Waals surface area contributed by atoms with E-state index in [0.717, 1.165) is 13.0 Å². The zero-order valence-corrected chi connectivity index (χ0v) is 11.4. The molecule has 1 aliphatic rings. The lowest BCUT2D eigenvalue weighted by Gasteiger charge is -2.04. The molecule has 0 amide bonds. The lowest BCUT2D eigenvalue weighted by atomic mass is 10.2. The van der Waals surface area contributed by atoms with Crippen molar-refractivity contribution in [1.29, 1.82) is 0 Å². The van der Waals surface area contributed by atoms with Gasteiger partial charge in [0.1, 0.15) is 0 Å². The predicted octanol–water partition coefficient (Wildman–Crippen LogP) is 0.325. The van der Waals surface area contributed by atoms with E-state index < -0.39 is 0 Å². The molecule has 0 aromatic carbocycles. The van der Waals surface area contributed by atoms with Crippen LogP contribution in [0.4, 0.5) is 0 Å². The standard InChI is InChI=1S/C12H21N3O4/c1-16-5-6-18-4-3-11-14-12(19-15-11)10-7-9(17-2)8-13-10/h9-10,13H,3-8H2,1-2H3. The molecule has 2 rings (SSSR count). The smallest absolute Gasteiger partial charge is 0.243 e. The van der Waals surface area contributed by atoms with Gasteiger partial charge in [0.05, 0.1) is 32.0 Å². The Morgan fingerprint density at radius 2 is 2.21 bits per heavy atom. The maximum atomic E-state index is 5.36. The lowest BCUT2D eigenvalue weighted by molar-refractivity contribution is 0.0714. The van der Waals surface area contributed by atoms with E-state index in [1.54, 1.807) is 14.2 Å². The van der Waals surface area contributed by atoms with E-state index in [4.69, 9.17) is 18.7 Å². The lowest BCUT2D eigenvalue weighted by Crippen LogP contribution is -2.16. The molecule has 0 bridgehead atoms. The number of ether oxygens (including phenoxy) is 3. The van der Waals surface area contributed by atoms with Crippen molar-refractivity contribution >= 4 is 0 Å². The Bertz CT molecular complexity index is 372. The summed E-state index contributed by atoms with van der Waals surface area (Å²) in [6.45, 7) is 2.57. The second kappa shape index (κ2) is 7.54. The molecule has 1 aliphatic heterocycles. The SMILES string of the molecule is COCCOCCc1noc(C2CC(OC)CN2)n1. The quantitative estimate of drug-likeness (QED) is 0.682. The van der Waals surface area contributed by atoms with E-state index in [0.29, 0.717) is 38.0 Å². The summed E-state index contributed by atoms with van der Waals surface area (Å²) in [6.07, 6.45) is 1.73. The van der Waals surface area contributed by atoms with Crippen LogP contribution in [0.1, 0.15) is 24.2 Å². The maximum absolute atomic E-state index is 5.36. The Morgan fingerprint density at radius 1 is 1.32 bits per heavy atom. The first-order chi connectivity index (χ1) is 9.33. The van der Waals surface area contributed by atoms with Gasteiger partial charge in [-0.05, 0) is 6.42 Å². The first kappa shape index (κ1) is 14.4. The van der Waals surface area contributed by atoms with Crippen molar-refractivity contribution in [3.05, 3.63) is 11.7 Å². The molecule has 0 radical (unpaired) electrons. The second-order valence-electron chi connectivity index (χ2n) is 4.46. The minimum Gasteiger partial charge on any atom is -0.382 e. The summed E-state index contributed by atoms with van der Waals surface area (Å²) in [5, 5.41) is 7.25. The number of rotatable bonds is 8. The summed E-state index contributed by atoms with van der Waals surface area (Å²) in [6, 6.07) is 0.0978. The first-order valence-electron chi connectivity index (χ1n) is 6.48. The third kappa shape index (κ3) is 4.24. The van der Waals surface area contributed by atoms with Gasteiger partial charge in [0.15, 0.2) is 5.82 Å². The Hall–Kier alpha value is -1.02. The molecule has 2 atom stereocenters. The third-order valence-corrected chi connectivity index (χ3v) is 3.11.